The molecule has 6 nitrogen and oxygen atoms in total. The van der Waals surface area contributed by atoms with E-state index in [4.69, 9.17) is 10.5 Å². The van der Waals surface area contributed by atoms with Gasteiger partial charge < -0.3 is 20.7 Å². The first-order valence-corrected chi connectivity index (χ1v) is 13.1. The number of carbonyl (C=O) groups is 1. The summed E-state index contributed by atoms with van der Waals surface area (Å²) >= 11 is 0. The summed E-state index contributed by atoms with van der Waals surface area (Å²) in [4.78, 5) is 18.6. The van der Waals surface area contributed by atoms with Crippen molar-refractivity contribution in [2.24, 2.45) is 10.7 Å². The molecule has 38 heavy (non-hydrogen) atoms. The lowest BCUT2D eigenvalue weighted by Crippen LogP contribution is -2.59. The van der Waals surface area contributed by atoms with Crippen molar-refractivity contribution in [3.8, 4) is 5.75 Å². The second-order valence-electron chi connectivity index (χ2n) is 8.82. The van der Waals surface area contributed by atoms with Crippen LogP contribution in [-0.4, -0.2) is 43.7 Å². The molecule has 1 aliphatic carbocycles. The molecular weight excluding hydrogens is 493 g/mol. The molecule has 1 saturated carbocycles. The Morgan fingerprint density at radius 1 is 1.08 bits per heavy atom. The summed E-state index contributed by atoms with van der Waals surface area (Å²) in [5, 5.41) is 2.94. The average molecular weight is 537 g/mol. The second-order valence-corrected chi connectivity index (χ2v) is 8.82. The Labute approximate surface area is 225 Å². The van der Waals surface area contributed by atoms with Gasteiger partial charge in [0.1, 0.15) is 11.5 Å². The van der Waals surface area contributed by atoms with E-state index in [0.29, 0.717) is 53.9 Å². The Bertz CT molecular complexity index is 1040. The van der Waals surface area contributed by atoms with Gasteiger partial charge in [-0.1, -0.05) is 39.8 Å². The fourth-order valence-electron chi connectivity index (χ4n) is 4.17. The summed E-state index contributed by atoms with van der Waals surface area (Å²) < 4.78 is 44.4. The van der Waals surface area contributed by atoms with E-state index in [-0.39, 0.29) is 11.9 Å². The van der Waals surface area contributed by atoms with Crippen molar-refractivity contribution in [2.45, 2.75) is 85.1 Å². The smallest absolute Gasteiger partial charge is 0.429 e. The van der Waals surface area contributed by atoms with E-state index >= 15 is 0 Å². The molecule has 0 heterocycles. The van der Waals surface area contributed by atoms with E-state index < -0.39 is 17.6 Å². The van der Waals surface area contributed by atoms with Crippen LogP contribution in [0.1, 0.15) is 76.2 Å². The minimum atomic E-state index is -4.48. The highest BCUT2D eigenvalue weighted by Gasteiger charge is 2.36. The van der Waals surface area contributed by atoms with Gasteiger partial charge in [0.25, 0.3) is 5.91 Å². The van der Waals surface area contributed by atoms with E-state index in [2.05, 4.69) is 10.3 Å². The molecule has 0 saturated heterocycles. The lowest BCUT2D eigenvalue weighted by Gasteiger charge is -2.41. The lowest BCUT2D eigenvalue weighted by atomic mass is 9.85. The van der Waals surface area contributed by atoms with Crippen molar-refractivity contribution < 1.29 is 22.7 Å². The molecular formula is C29H43F3N4O2. The third kappa shape index (κ3) is 8.75. The minimum Gasteiger partial charge on any atom is -0.497 e. The molecule has 0 aromatic heterocycles. The van der Waals surface area contributed by atoms with Gasteiger partial charge >= 0.3 is 6.18 Å². The first-order valence-electron chi connectivity index (χ1n) is 13.1. The monoisotopic (exact) mass is 536 g/mol. The van der Waals surface area contributed by atoms with Crippen LogP contribution in [0.3, 0.4) is 0 Å². The molecule has 0 aliphatic heterocycles. The van der Waals surface area contributed by atoms with Crippen LogP contribution in [0.4, 0.5) is 24.5 Å². The second kappa shape index (κ2) is 14.8. The Morgan fingerprint density at radius 3 is 2.13 bits per heavy atom. The number of aliphatic imine (C=N–C) groups is 1. The number of benzene rings is 2. The number of nitrogens with one attached hydrogen (secondary N) is 1. The largest absolute Gasteiger partial charge is 0.497 e. The summed E-state index contributed by atoms with van der Waals surface area (Å²) in [6.45, 7) is 10.7. The van der Waals surface area contributed by atoms with Crippen LogP contribution in [-0.2, 0) is 0 Å². The quantitative estimate of drug-likeness (QED) is 0.303. The lowest BCUT2D eigenvalue weighted by molar-refractivity contribution is -0.0591. The molecule has 0 bridgehead atoms. The van der Waals surface area contributed by atoms with Gasteiger partial charge in [-0.3, -0.25) is 4.79 Å². The average Bonchev–Trinajstić information content (AvgIpc) is 2.91. The van der Waals surface area contributed by atoms with Crippen LogP contribution >= 0.6 is 0 Å². The van der Waals surface area contributed by atoms with Crippen molar-refractivity contribution in [2.75, 3.05) is 19.1 Å². The number of halogens is 3. The van der Waals surface area contributed by atoms with E-state index in [1.807, 2.05) is 45.7 Å². The number of aryl methyl sites for hydroxylation is 1. The zero-order chi connectivity index (χ0) is 29.1. The van der Waals surface area contributed by atoms with E-state index in [9.17, 15) is 18.0 Å². The Hall–Kier alpha value is -3.07. The van der Waals surface area contributed by atoms with Gasteiger partial charge in [-0.2, -0.15) is 13.2 Å². The SMILES string of the molecule is CC.CC.COc1ccc(C(=O)NC2(N)CCC(N(C)c3cccc(C)c3N=C(C)C(F)(F)F)CC2)cc1. The Kier molecular flexibility index (Phi) is 12.8. The number of hydrogen-bond acceptors (Lipinski definition) is 5. The van der Waals surface area contributed by atoms with Crippen molar-refractivity contribution in [1.29, 1.82) is 0 Å². The van der Waals surface area contributed by atoms with Crippen LogP contribution in [0.5, 0.6) is 5.75 Å². The number of anilines is 1. The predicted octanol–water partition coefficient (Wildman–Crippen LogP) is 7.17. The Balaban J connectivity index is 0.00000172. The molecule has 1 fully saturated rings. The number of ether oxygens (including phenoxy) is 1. The van der Waals surface area contributed by atoms with E-state index in [1.165, 1.54) is 0 Å². The first kappa shape index (κ1) is 33.0. The molecule has 212 valence electrons. The zero-order valence-corrected chi connectivity index (χ0v) is 23.9. The van der Waals surface area contributed by atoms with Crippen LogP contribution in [0, 0.1) is 6.92 Å². The fraction of sp³-hybridized carbons (Fsp3) is 0.517. The molecule has 2 aromatic carbocycles. The van der Waals surface area contributed by atoms with Crippen LogP contribution in [0.25, 0.3) is 0 Å². The van der Waals surface area contributed by atoms with Crippen molar-refractivity contribution in [3.05, 3.63) is 53.6 Å². The molecule has 1 aliphatic rings. The fourth-order valence-corrected chi connectivity index (χ4v) is 4.17. The molecule has 3 N–H and O–H groups in total. The molecule has 3 rings (SSSR count). The summed E-state index contributed by atoms with van der Waals surface area (Å²) in [5.41, 5.74) is 6.88. The third-order valence-electron chi connectivity index (χ3n) is 6.40. The zero-order valence-electron chi connectivity index (χ0n) is 23.9. The number of para-hydroxylation sites is 1. The van der Waals surface area contributed by atoms with Gasteiger partial charge in [0.05, 0.1) is 24.1 Å². The molecule has 0 radical (unpaired) electrons. The molecule has 1 amide bonds. The number of nitrogens with two attached hydrogens (primary N) is 1. The van der Waals surface area contributed by atoms with Crippen LogP contribution < -0.4 is 20.7 Å². The maximum atomic E-state index is 13.1. The highest BCUT2D eigenvalue weighted by Crippen LogP contribution is 2.37. The normalized spacial score (nSPS) is 19.3. The summed E-state index contributed by atoms with van der Waals surface area (Å²) in [7, 11) is 3.42. The molecule has 0 unspecified atom stereocenters. The third-order valence-corrected chi connectivity index (χ3v) is 6.40. The summed E-state index contributed by atoms with van der Waals surface area (Å²) in [6, 6.07) is 12.2. The van der Waals surface area contributed by atoms with Crippen molar-refractivity contribution in [3.63, 3.8) is 0 Å². The maximum absolute atomic E-state index is 13.1. The van der Waals surface area contributed by atoms with Gasteiger partial charge in [0.2, 0.25) is 0 Å². The number of rotatable bonds is 6. The standard InChI is InChI=1S/C25H31F3N4O2.2C2H6/c1-16-6-5-7-21(22(16)30-17(2)25(26,27)28)32(3)19-12-14-24(29,15-13-19)31-23(33)18-8-10-20(34-4)11-9-18;2*1-2/h5-11,19H,12-15,29H2,1-4H3,(H,31,33);2*1-2H3. The van der Waals surface area contributed by atoms with E-state index in [0.717, 1.165) is 6.92 Å². The Morgan fingerprint density at radius 2 is 1.63 bits per heavy atom. The van der Waals surface area contributed by atoms with Crippen molar-refractivity contribution >= 4 is 23.0 Å². The predicted molar refractivity (Wildman–Crippen MR) is 151 cm³/mol. The summed E-state index contributed by atoms with van der Waals surface area (Å²) in [5.74, 6) is 0.405. The molecule has 0 spiro atoms. The minimum absolute atomic E-state index is 0.0523. The number of methoxy groups -OCH3 is 1. The van der Waals surface area contributed by atoms with Crippen molar-refractivity contribution in [1.82, 2.24) is 5.32 Å². The number of alkyl halides is 3. The number of hydrogen-bond donors (Lipinski definition) is 2. The molecule has 2 aromatic rings. The highest BCUT2D eigenvalue weighted by molar-refractivity contribution is 5.94. The van der Waals surface area contributed by atoms with Gasteiger partial charge in [-0.15, -0.1) is 0 Å². The highest BCUT2D eigenvalue weighted by atomic mass is 19.4. The van der Waals surface area contributed by atoms with Crippen LogP contribution in [0.2, 0.25) is 0 Å². The number of nitrogens with zero attached hydrogens (tertiary/aromatic N) is 2. The topological polar surface area (TPSA) is 79.9 Å². The maximum Gasteiger partial charge on any atom is 0.429 e. The van der Waals surface area contributed by atoms with Crippen LogP contribution in [0.15, 0.2) is 47.5 Å². The first-order chi connectivity index (χ1) is 17.9. The van der Waals surface area contributed by atoms with E-state index in [1.54, 1.807) is 50.4 Å². The number of amides is 1. The van der Waals surface area contributed by atoms with Gasteiger partial charge in [-0.05, 0) is 75.4 Å². The molecule has 0 atom stereocenters. The summed E-state index contributed by atoms with van der Waals surface area (Å²) in [6.07, 6.45) is -2.06. The molecule has 9 heteroatoms. The number of carbonyl (C=O) groups excluding carboxylic acids is 1. The van der Waals surface area contributed by atoms with Gasteiger partial charge in [0.15, 0.2) is 0 Å². The van der Waals surface area contributed by atoms with Gasteiger partial charge in [0, 0.05) is 18.7 Å². The van der Waals surface area contributed by atoms with Gasteiger partial charge in [-0.25, -0.2) is 4.99 Å².